The fourth-order valence-electron chi connectivity index (χ4n) is 3.39. The molecule has 0 saturated heterocycles. The first kappa shape index (κ1) is 20.7. The fraction of sp³-hybridized carbons (Fsp3) is 0.381. The Hall–Kier alpha value is -2.05. The third kappa shape index (κ3) is 4.33. The number of halogens is 1. The van der Waals surface area contributed by atoms with Crippen LogP contribution >= 0.6 is 11.6 Å². The van der Waals surface area contributed by atoms with Crippen molar-refractivity contribution in [3.05, 3.63) is 58.6 Å². The van der Waals surface area contributed by atoms with Crippen LogP contribution in [0.5, 0.6) is 0 Å². The number of nitrogens with zero attached hydrogens (tertiary/aromatic N) is 1. The van der Waals surface area contributed by atoms with E-state index in [4.69, 9.17) is 11.6 Å². The number of rotatable bonds is 7. The number of unbranched alkanes of at least 4 members (excludes halogenated alkanes) is 2. The molecule has 3 rings (SSSR count). The van der Waals surface area contributed by atoms with E-state index in [0.717, 1.165) is 37.7 Å². The van der Waals surface area contributed by atoms with Crippen LogP contribution in [0.4, 0.5) is 5.69 Å². The molecule has 1 heterocycles. The minimum atomic E-state index is -3.78. The lowest BCUT2D eigenvalue weighted by atomic mass is 10.0. The Balaban J connectivity index is 1.88. The summed E-state index contributed by atoms with van der Waals surface area (Å²) in [7, 11) is -3.78. The molecule has 28 heavy (non-hydrogen) atoms. The van der Waals surface area contributed by atoms with Crippen molar-refractivity contribution in [3.63, 3.8) is 0 Å². The maximum Gasteiger partial charge on any atom is 0.264 e. The summed E-state index contributed by atoms with van der Waals surface area (Å²) < 4.78 is 28.0. The number of fused-ring (bicyclic) bond motifs is 1. The lowest BCUT2D eigenvalue weighted by Gasteiger charge is -2.30. The Morgan fingerprint density at radius 1 is 1.18 bits per heavy atom. The average molecular weight is 421 g/mol. The highest BCUT2D eigenvalue weighted by atomic mass is 35.5. The molecule has 1 aliphatic rings. The van der Waals surface area contributed by atoms with Gasteiger partial charge in [-0.25, -0.2) is 8.42 Å². The third-order valence-corrected chi connectivity index (χ3v) is 7.04. The van der Waals surface area contributed by atoms with Crippen molar-refractivity contribution in [2.75, 3.05) is 17.4 Å². The summed E-state index contributed by atoms with van der Waals surface area (Å²) in [6, 6.07) is 11.8. The van der Waals surface area contributed by atoms with Crippen LogP contribution in [0.2, 0.25) is 5.02 Å². The van der Waals surface area contributed by atoms with Crippen molar-refractivity contribution >= 4 is 33.2 Å². The molecule has 7 heteroatoms. The van der Waals surface area contributed by atoms with Crippen LogP contribution in [0.1, 0.15) is 48.5 Å². The normalized spacial score (nSPS) is 13.9. The average Bonchev–Trinajstić information content (AvgIpc) is 2.70. The summed E-state index contributed by atoms with van der Waals surface area (Å²) >= 11 is 6.18. The molecule has 150 valence electrons. The summed E-state index contributed by atoms with van der Waals surface area (Å²) in [4.78, 5) is 12.6. The Bertz CT molecular complexity index is 960. The fourth-order valence-corrected chi connectivity index (χ4v) is 5.16. The molecule has 0 spiro atoms. The van der Waals surface area contributed by atoms with Gasteiger partial charge in [0.05, 0.1) is 21.2 Å². The van der Waals surface area contributed by atoms with Crippen LogP contribution in [0, 0.1) is 0 Å². The first-order valence-corrected chi connectivity index (χ1v) is 11.5. The number of para-hydroxylation sites is 1. The molecule has 1 N–H and O–H groups in total. The van der Waals surface area contributed by atoms with Gasteiger partial charge in [-0.15, -0.1) is 0 Å². The number of carbonyl (C=O) groups is 1. The van der Waals surface area contributed by atoms with Gasteiger partial charge in [0.15, 0.2) is 0 Å². The largest absolute Gasteiger partial charge is 0.352 e. The molecular weight excluding hydrogens is 396 g/mol. The third-order valence-electron chi connectivity index (χ3n) is 4.90. The van der Waals surface area contributed by atoms with Crippen molar-refractivity contribution in [1.82, 2.24) is 5.32 Å². The second-order valence-electron chi connectivity index (χ2n) is 6.91. The Morgan fingerprint density at radius 2 is 1.96 bits per heavy atom. The van der Waals surface area contributed by atoms with Crippen molar-refractivity contribution in [2.45, 2.75) is 43.9 Å². The van der Waals surface area contributed by atoms with Gasteiger partial charge in [-0.05, 0) is 49.1 Å². The van der Waals surface area contributed by atoms with Crippen LogP contribution < -0.4 is 9.62 Å². The molecule has 0 saturated carbocycles. The Labute approximate surface area is 171 Å². The summed E-state index contributed by atoms with van der Waals surface area (Å²) in [6.45, 7) is 3.05. The number of nitrogens with one attached hydrogen (secondary N) is 1. The second-order valence-corrected chi connectivity index (χ2v) is 9.18. The van der Waals surface area contributed by atoms with E-state index in [1.807, 2.05) is 24.3 Å². The molecule has 0 aliphatic carbocycles. The van der Waals surface area contributed by atoms with Crippen molar-refractivity contribution in [1.29, 1.82) is 0 Å². The maximum atomic E-state index is 13.3. The summed E-state index contributed by atoms with van der Waals surface area (Å²) in [5, 5.41) is 3.06. The van der Waals surface area contributed by atoms with Gasteiger partial charge in [0.25, 0.3) is 15.9 Å². The lowest BCUT2D eigenvalue weighted by Crippen LogP contribution is -2.35. The lowest BCUT2D eigenvalue weighted by molar-refractivity contribution is 0.0953. The summed E-state index contributed by atoms with van der Waals surface area (Å²) in [5.41, 5.74) is 1.90. The topological polar surface area (TPSA) is 66.5 Å². The standard InChI is InChI=1S/C21H25ClN2O3S/c1-2-3-6-13-23-21(25)18-15-17(11-12-19(18)22)28(26,27)24-14-7-9-16-8-4-5-10-20(16)24/h4-5,8,10-12,15H,2-3,6-7,9,13-14H2,1H3,(H,23,25). The van der Waals surface area contributed by atoms with Crippen molar-refractivity contribution in [3.8, 4) is 0 Å². The monoisotopic (exact) mass is 420 g/mol. The zero-order valence-corrected chi connectivity index (χ0v) is 17.5. The molecule has 0 radical (unpaired) electrons. The van der Waals surface area contributed by atoms with E-state index < -0.39 is 10.0 Å². The highest BCUT2D eigenvalue weighted by Crippen LogP contribution is 2.32. The first-order chi connectivity index (χ1) is 13.4. The van der Waals surface area contributed by atoms with E-state index in [2.05, 4.69) is 12.2 Å². The van der Waals surface area contributed by atoms with E-state index in [1.165, 1.54) is 22.5 Å². The molecule has 0 atom stereocenters. The number of anilines is 1. The zero-order chi connectivity index (χ0) is 20.1. The van der Waals surface area contributed by atoms with Crippen LogP contribution in [-0.2, 0) is 16.4 Å². The van der Waals surface area contributed by atoms with E-state index in [9.17, 15) is 13.2 Å². The van der Waals surface area contributed by atoms with Gasteiger partial charge in [0, 0.05) is 13.1 Å². The van der Waals surface area contributed by atoms with Gasteiger partial charge in [-0.2, -0.15) is 0 Å². The predicted octanol–water partition coefficient (Wildman–Crippen LogP) is 4.40. The Morgan fingerprint density at radius 3 is 2.75 bits per heavy atom. The van der Waals surface area contributed by atoms with Gasteiger partial charge in [-0.3, -0.25) is 9.10 Å². The number of hydrogen-bond donors (Lipinski definition) is 1. The van der Waals surface area contributed by atoms with Crippen molar-refractivity contribution in [2.24, 2.45) is 0 Å². The van der Waals surface area contributed by atoms with Crippen molar-refractivity contribution < 1.29 is 13.2 Å². The first-order valence-electron chi connectivity index (χ1n) is 9.63. The molecule has 1 amide bonds. The van der Waals surface area contributed by atoms with Gasteiger partial charge in [-0.1, -0.05) is 49.6 Å². The quantitative estimate of drug-likeness (QED) is 0.675. The minimum absolute atomic E-state index is 0.0762. The van der Waals surface area contributed by atoms with E-state index in [1.54, 1.807) is 0 Å². The number of aryl methyl sites for hydroxylation is 1. The summed E-state index contributed by atoms with van der Waals surface area (Å²) in [6.07, 6.45) is 4.57. The Kier molecular flexibility index (Phi) is 6.62. The minimum Gasteiger partial charge on any atom is -0.352 e. The molecule has 0 unspecified atom stereocenters. The molecule has 0 aromatic heterocycles. The molecule has 0 bridgehead atoms. The SMILES string of the molecule is CCCCCNC(=O)c1cc(S(=O)(=O)N2CCCc3ccccc32)ccc1Cl. The second kappa shape index (κ2) is 8.97. The molecule has 2 aromatic carbocycles. The molecule has 2 aromatic rings. The van der Waals surface area contributed by atoms with Crippen LogP contribution in [0.15, 0.2) is 47.4 Å². The predicted molar refractivity (Wildman–Crippen MR) is 113 cm³/mol. The molecule has 5 nitrogen and oxygen atoms in total. The molecular formula is C21H25ClN2O3S. The van der Waals surface area contributed by atoms with Crippen LogP contribution in [-0.4, -0.2) is 27.4 Å². The number of carbonyl (C=O) groups excluding carboxylic acids is 1. The number of hydrogen-bond acceptors (Lipinski definition) is 3. The van der Waals surface area contributed by atoms with Gasteiger partial charge >= 0.3 is 0 Å². The number of benzene rings is 2. The van der Waals surface area contributed by atoms with Gasteiger partial charge < -0.3 is 5.32 Å². The molecule has 0 fully saturated rings. The highest BCUT2D eigenvalue weighted by molar-refractivity contribution is 7.92. The number of amides is 1. The molecule has 1 aliphatic heterocycles. The van der Waals surface area contributed by atoms with Crippen LogP contribution in [0.3, 0.4) is 0 Å². The zero-order valence-electron chi connectivity index (χ0n) is 15.9. The van der Waals surface area contributed by atoms with E-state index in [0.29, 0.717) is 18.8 Å². The van der Waals surface area contributed by atoms with E-state index >= 15 is 0 Å². The highest BCUT2D eigenvalue weighted by Gasteiger charge is 2.29. The van der Waals surface area contributed by atoms with Crippen LogP contribution in [0.25, 0.3) is 0 Å². The summed E-state index contributed by atoms with van der Waals surface area (Å²) in [5.74, 6) is -0.350. The van der Waals surface area contributed by atoms with Gasteiger partial charge in [0.1, 0.15) is 0 Å². The van der Waals surface area contributed by atoms with E-state index in [-0.39, 0.29) is 21.4 Å². The number of sulfonamides is 1. The smallest absolute Gasteiger partial charge is 0.264 e. The van der Waals surface area contributed by atoms with Gasteiger partial charge in [0.2, 0.25) is 0 Å². The maximum absolute atomic E-state index is 13.3.